The number of hydrogen-bond acceptors (Lipinski definition) is 1. The molecule has 1 aliphatic carbocycles. The molecule has 2 aliphatic rings. The first-order chi connectivity index (χ1) is 7.99. The Morgan fingerprint density at radius 3 is 2.47 bits per heavy atom. The predicted octanol–water partition coefficient (Wildman–Crippen LogP) is 4.23. The van der Waals surface area contributed by atoms with Gasteiger partial charge in [-0.15, -0.1) is 0 Å². The smallest absolute Gasteiger partial charge is 0.123 e. The van der Waals surface area contributed by atoms with Gasteiger partial charge in [0.25, 0.3) is 0 Å². The van der Waals surface area contributed by atoms with Gasteiger partial charge >= 0.3 is 0 Å². The number of fused-ring (bicyclic) bond motifs is 1. The van der Waals surface area contributed by atoms with Gasteiger partial charge in [0.1, 0.15) is 11.4 Å². The highest BCUT2D eigenvalue weighted by molar-refractivity contribution is 5.42. The number of hydrogen-bond donors (Lipinski definition) is 0. The zero-order chi connectivity index (χ0) is 12.1. The molecule has 3 rings (SSSR count). The predicted molar refractivity (Wildman–Crippen MR) is 70.7 cm³/mol. The lowest BCUT2D eigenvalue weighted by Crippen LogP contribution is -2.45. The minimum Gasteiger partial charge on any atom is -0.487 e. The molecule has 1 aromatic rings. The molecule has 0 unspecified atom stereocenters. The molecular formula is C16H22O. The van der Waals surface area contributed by atoms with E-state index >= 15 is 0 Å². The van der Waals surface area contributed by atoms with Crippen LogP contribution >= 0.6 is 0 Å². The van der Waals surface area contributed by atoms with Crippen LogP contribution in [0, 0.1) is 0 Å². The molecular weight excluding hydrogens is 208 g/mol. The molecule has 0 aromatic heterocycles. The summed E-state index contributed by atoms with van der Waals surface area (Å²) in [5.41, 5.74) is 3.20. The fourth-order valence-corrected chi connectivity index (χ4v) is 2.89. The van der Waals surface area contributed by atoms with E-state index in [-0.39, 0.29) is 11.0 Å². The van der Waals surface area contributed by atoms with Crippen molar-refractivity contribution in [1.82, 2.24) is 0 Å². The highest BCUT2D eigenvalue weighted by Crippen LogP contribution is 2.45. The van der Waals surface area contributed by atoms with E-state index in [0.717, 1.165) is 5.75 Å². The summed E-state index contributed by atoms with van der Waals surface area (Å²) in [6.45, 7) is 6.78. The van der Waals surface area contributed by atoms with Crippen molar-refractivity contribution in [2.75, 3.05) is 0 Å². The summed E-state index contributed by atoms with van der Waals surface area (Å²) in [4.78, 5) is 0. The fourth-order valence-electron chi connectivity index (χ4n) is 2.89. The first-order valence-electron chi connectivity index (χ1n) is 6.81. The first-order valence-corrected chi connectivity index (χ1v) is 6.81. The number of benzene rings is 1. The maximum absolute atomic E-state index is 6.29. The van der Waals surface area contributed by atoms with Gasteiger partial charge in [-0.05, 0) is 54.7 Å². The quantitative estimate of drug-likeness (QED) is 0.648. The Bertz CT molecular complexity index is 435. The Morgan fingerprint density at radius 1 is 1.12 bits per heavy atom. The summed E-state index contributed by atoms with van der Waals surface area (Å²) in [5, 5.41) is 0. The molecule has 0 radical (unpaired) electrons. The van der Waals surface area contributed by atoms with Crippen LogP contribution in [0.5, 0.6) is 5.75 Å². The van der Waals surface area contributed by atoms with Crippen LogP contribution in [0.2, 0.25) is 0 Å². The Balaban J connectivity index is 1.94. The molecule has 0 N–H and O–H groups in total. The number of ether oxygens (including phenoxy) is 1. The normalized spacial score (nSPS) is 21.6. The van der Waals surface area contributed by atoms with Crippen molar-refractivity contribution in [2.45, 2.75) is 63.9 Å². The lowest BCUT2D eigenvalue weighted by molar-refractivity contribution is -0.0250. The molecule has 1 heteroatoms. The lowest BCUT2D eigenvalue weighted by Gasteiger charge is -2.45. The maximum Gasteiger partial charge on any atom is 0.123 e. The summed E-state index contributed by atoms with van der Waals surface area (Å²) in [5.74, 6) is 1.16. The van der Waals surface area contributed by atoms with E-state index in [1.165, 1.54) is 43.2 Å². The van der Waals surface area contributed by atoms with Crippen LogP contribution in [0.3, 0.4) is 0 Å². The third-order valence-corrected chi connectivity index (χ3v) is 4.37. The average molecular weight is 230 g/mol. The van der Waals surface area contributed by atoms with E-state index < -0.39 is 0 Å². The van der Waals surface area contributed by atoms with E-state index in [9.17, 15) is 0 Å². The van der Waals surface area contributed by atoms with E-state index in [2.05, 4.69) is 39.0 Å². The average Bonchev–Trinajstić information content (AvgIpc) is 2.24. The van der Waals surface area contributed by atoms with Crippen molar-refractivity contribution < 1.29 is 4.74 Å². The molecule has 1 saturated carbocycles. The Morgan fingerprint density at radius 2 is 1.88 bits per heavy atom. The topological polar surface area (TPSA) is 9.23 Å². The SMILES string of the molecule is CC(C)(C)c1ccc2c(c1)OC1(CCC1)CC2. The molecule has 0 saturated heterocycles. The molecule has 1 aliphatic heterocycles. The summed E-state index contributed by atoms with van der Waals surface area (Å²) in [7, 11) is 0. The summed E-state index contributed by atoms with van der Waals surface area (Å²) in [6, 6.07) is 6.80. The summed E-state index contributed by atoms with van der Waals surface area (Å²) < 4.78 is 6.29. The van der Waals surface area contributed by atoms with Crippen molar-refractivity contribution in [3.05, 3.63) is 29.3 Å². The summed E-state index contributed by atoms with van der Waals surface area (Å²) in [6.07, 6.45) is 6.27. The molecule has 0 bridgehead atoms. The fraction of sp³-hybridized carbons (Fsp3) is 0.625. The van der Waals surface area contributed by atoms with Gasteiger partial charge in [0.2, 0.25) is 0 Å². The van der Waals surface area contributed by atoms with E-state index in [0.29, 0.717) is 0 Å². The van der Waals surface area contributed by atoms with Crippen LogP contribution in [0.1, 0.15) is 57.6 Å². The minimum absolute atomic E-state index is 0.211. The van der Waals surface area contributed by atoms with Crippen LogP contribution in [0.15, 0.2) is 18.2 Å². The van der Waals surface area contributed by atoms with E-state index in [1.54, 1.807) is 0 Å². The van der Waals surface area contributed by atoms with Crippen molar-refractivity contribution in [2.24, 2.45) is 0 Å². The van der Waals surface area contributed by atoms with Gasteiger partial charge in [0, 0.05) is 0 Å². The minimum atomic E-state index is 0.211. The highest BCUT2D eigenvalue weighted by Gasteiger charge is 2.41. The van der Waals surface area contributed by atoms with Crippen molar-refractivity contribution in [3.8, 4) is 5.75 Å². The van der Waals surface area contributed by atoms with Crippen LogP contribution in [-0.2, 0) is 11.8 Å². The lowest BCUT2D eigenvalue weighted by atomic mass is 9.74. The zero-order valence-electron chi connectivity index (χ0n) is 11.2. The van der Waals surface area contributed by atoms with E-state index in [4.69, 9.17) is 4.74 Å². The Kier molecular flexibility index (Phi) is 2.30. The maximum atomic E-state index is 6.29. The second-order valence-electron chi connectivity index (χ2n) is 6.71. The van der Waals surface area contributed by atoms with Crippen LogP contribution in [0.25, 0.3) is 0 Å². The monoisotopic (exact) mass is 230 g/mol. The Labute approximate surface area is 104 Å². The van der Waals surface area contributed by atoms with Gasteiger partial charge in [0.05, 0.1) is 0 Å². The molecule has 1 spiro atoms. The highest BCUT2D eigenvalue weighted by atomic mass is 16.5. The van der Waals surface area contributed by atoms with Crippen LogP contribution < -0.4 is 4.74 Å². The van der Waals surface area contributed by atoms with Gasteiger partial charge in [-0.1, -0.05) is 32.9 Å². The second kappa shape index (κ2) is 3.51. The van der Waals surface area contributed by atoms with Crippen LogP contribution in [0.4, 0.5) is 0 Å². The van der Waals surface area contributed by atoms with Crippen molar-refractivity contribution in [1.29, 1.82) is 0 Å². The van der Waals surface area contributed by atoms with Gasteiger partial charge in [-0.2, -0.15) is 0 Å². The molecule has 1 heterocycles. The van der Waals surface area contributed by atoms with E-state index in [1.807, 2.05) is 0 Å². The molecule has 0 atom stereocenters. The molecule has 92 valence electrons. The standard InChI is InChI=1S/C16H22O/c1-15(2,3)13-6-5-12-7-10-16(8-4-9-16)17-14(12)11-13/h5-6,11H,4,7-10H2,1-3H3. The molecule has 17 heavy (non-hydrogen) atoms. The zero-order valence-corrected chi connectivity index (χ0v) is 11.2. The first kappa shape index (κ1) is 11.1. The third-order valence-electron chi connectivity index (χ3n) is 4.37. The van der Waals surface area contributed by atoms with Gasteiger partial charge in [-0.3, -0.25) is 0 Å². The summed E-state index contributed by atoms with van der Waals surface area (Å²) >= 11 is 0. The van der Waals surface area contributed by atoms with Gasteiger partial charge < -0.3 is 4.74 Å². The molecule has 1 aromatic carbocycles. The third kappa shape index (κ3) is 1.86. The van der Waals surface area contributed by atoms with Crippen molar-refractivity contribution >= 4 is 0 Å². The molecule has 0 amide bonds. The van der Waals surface area contributed by atoms with Gasteiger partial charge in [0.15, 0.2) is 0 Å². The number of aryl methyl sites for hydroxylation is 1. The number of rotatable bonds is 0. The Hall–Kier alpha value is -0.980. The van der Waals surface area contributed by atoms with Crippen LogP contribution in [-0.4, -0.2) is 5.60 Å². The van der Waals surface area contributed by atoms with Crippen molar-refractivity contribution in [3.63, 3.8) is 0 Å². The largest absolute Gasteiger partial charge is 0.487 e. The molecule has 1 nitrogen and oxygen atoms in total. The second-order valence-corrected chi connectivity index (χ2v) is 6.71. The molecule has 1 fully saturated rings. The van der Waals surface area contributed by atoms with Gasteiger partial charge in [-0.25, -0.2) is 0 Å².